The van der Waals surface area contributed by atoms with Gasteiger partial charge in [0.2, 0.25) is 5.43 Å². The number of nitrogens with one attached hydrogen (secondary N) is 1. The Morgan fingerprint density at radius 1 is 1.13 bits per heavy atom. The van der Waals surface area contributed by atoms with Crippen molar-refractivity contribution in [3.05, 3.63) is 63.7 Å². The fraction of sp³-hybridized carbons (Fsp3) is 0.333. The maximum Gasteiger partial charge on any atom is 0.408 e. The molecule has 15 heteroatoms. The molecular weight excluding hydrogens is 536 g/mol. The van der Waals surface area contributed by atoms with Gasteiger partial charge < -0.3 is 15.3 Å². The summed E-state index contributed by atoms with van der Waals surface area (Å²) >= 11 is 0. The second-order valence-electron chi connectivity index (χ2n) is 8.62. The summed E-state index contributed by atoms with van der Waals surface area (Å²) in [5, 5.41) is 10.4. The molecule has 9 nitrogen and oxygen atoms in total. The van der Waals surface area contributed by atoms with Gasteiger partial charge in [0.15, 0.2) is 17.3 Å². The first-order chi connectivity index (χ1) is 18.4. The van der Waals surface area contributed by atoms with Crippen LogP contribution in [0.4, 0.5) is 37.0 Å². The minimum Gasteiger partial charge on any atom is -0.395 e. The zero-order valence-electron chi connectivity index (χ0n) is 20.2. The van der Waals surface area contributed by atoms with Crippen LogP contribution < -0.4 is 15.6 Å². The number of urea groups is 1. The van der Waals surface area contributed by atoms with E-state index < -0.39 is 75.7 Å². The number of carbonyl (C=O) groups excluding carboxylic acids is 2. The van der Waals surface area contributed by atoms with E-state index in [0.717, 1.165) is 13.0 Å². The predicted octanol–water partition coefficient (Wildman–Crippen LogP) is 3.11. The van der Waals surface area contributed by atoms with Crippen LogP contribution in [-0.2, 0) is 0 Å². The molecule has 0 aliphatic carbocycles. The number of hydrogen-bond acceptors (Lipinski definition) is 5. The van der Waals surface area contributed by atoms with Gasteiger partial charge in [-0.05, 0) is 18.6 Å². The van der Waals surface area contributed by atoms with Crippen molar-refractivity contribution in [1.82, 2.24) is 19.8 Å². The maximum absolute atomic E-state index is 14.8. The number of aliphatic hydroxyl groups is 1. The SMILES string of the molecule is CC[C@H](NC(=O)c1cn(-c2c(F)cc(F)cc2F)c2nc(N3CCN(CCO)C3=O)ccc2c1=O)C(F)(F)F. The Hall–Kier alpha value is -4.14. The highest BCUT2D eigenvalue weighted by atomic mass is 19.4. The van der Waals surface area contributed by atoms with E-state index in [0.29, 0.717) is 22.9 Å². The Kier molecular flexibility index (Phi) is 7.54. The first-order valence-corrected chi connectivity index (χ1v) is 11.6. The van der Waals surface area contributed by atoms with Gasteiger partial charge in [-0.3, -0.25) is 19.1 Å². The van der Waals surface area contributed by atoms with E-state index in [-0.39, 0.29) is 32.1 Å². The van der Waals surface area contributed by atoms with E-state index in [1.807, 2.05) is 0 Å². The first-order valence-electron chi connectivity index (χ1n) is 11.6. The number of fused-ring (bicyclic) bond motifs is 1. The normalized spacial score (nSPS) is 14.8. The molecular formula is C24H21F6N5O4. The summed E-state index contributed by atoms with van der Waals surface area (Å²) in [5.74, 6) is -5.69. The molecule has 0 spiro atoms. The number of halogens is 6. The van der Waals surface area contributed by atoms with Crippen molar-refractivity contribution in [2.45, 2.75) is 25.6 Å². The van der Waals surface area contributed by atoms with E-state index >= 15 is 0 Å². The number of rotatable bonds is 7. The van der Waals surface area contributed by atoms with Gasteiger partial charge in [0.05, 0.1) is 12.0 Å². The summed E-state index contributed by atoms with van der Waals surface area (Å²) in [7, 11) is 0. The Bertz CT molecular complexity index is 1490. The number of β-amino-alcohol motifs (C(OH)–C–C–N with tert-alkyl or cyclic N) is 1. The van der Waals surface area contributed by atoms with E-state index in [9.17, 15) is 40.7 Å². The molecule has 1 aliphatic rings. The number of aromatic nitrogens is 2. The van der Waals surface area contributed by atoms with Crippen molar-refractivity contribution in [2.24, 2.45) is 0 Å². The third-order valence-electron chi connectivity index (χ3n) is 6.15. The van der Waals surface area contributed by atoms with Crippen molar-refractivity contribution in [1.29, 1.82) is 0 Å². The van der Waals surface area contributed by atoms with Gasteiger partial charge in [0, 0.05) is 38.0 Å². The molecule has 1 atom stereocenters. The van der Waals surface area contributed by atoms with Gasteiger partial charge in [-0.25, -0.2) is 22.9 Å². The monoisotopic (exact) mass is 557 g/mol. The van der Waals surface area contributed by atoms with Crippen LogP contribution in [0.2, 0.25) is 0 Å². The van der Waals surface area contributed by atoms with Crippen LogP contribution in [0.15, 0.2) is 35.3 Å². The number of nitrogens with zero attached hydrogens (tertiary/aromatic N) is 4. The largest absolute Gasteiger partial charge is 0.408 e. The zero-order valence-corrected chi connectivity index (χ0v) is 20.2. The van der Waals surface area contributed by atoms with Crippen molar-refractivity contribution >= 4 is 28.8 Å². The molecule has 1 saturated heterocycles. The standard InChI is InChI=1S/C24H21F6N5O4/c1-2-17(24(28,29)30)31-22(38)14-11-35(19-15(26)9-12(25)10-16(19)27)21-13(20(14)37)3-4-18(32-21)34-6-5-33(7-8-36)23(34)39/h3-4,9-11,17,36H,2,5-8H2,1H3,(H,31,38)/t17-/m0/s1. The van der Waals surface area contributed by atoms with E-state index in [2.05, 4.69) is 4.98 Å². The topological polar surface area (TPSA) is 108 Å². The maximum atomic E-state index is 14.8. The summed E-state index contributed by atoms with van der Waals surface area (Å²) < 4.78 is 83.6. The molecule has 4 rings (SSSR count). The second kappa shape index (κ2) is 10.6. The summed E-state index contributed by atoms with van der Waals surface area (Å²) in [6.07, 6.45) is -4.78. The highest BCUT2D eigenvalue weighted by Crippen LogP contribution is 2.27. The minimum absolute atomic E-state index is 0.0365. The molecule has 0 radical (unpaired) electrons. The number of carbonyl (C=O) groups is 2. The van der Waals surface area contributed by atoms with Crippen LogP contribution in [0.3, 0.4) is 0 Å². The van der Waals surface area contributed by atoms with E-state index in [1.54, 1.807) is 5.32 Å². The lowest BCUT2D eigenvalue weighted by atomic mass is 10.1. The molecule has 39 heavy (non-hydrogen) atoms. The molecule has 3 aromatic rings. The Morgan fingerprint density at radius 2 is 1.79 bits per heavy atom. The van der Waals surface area contributed by atoms with Crippen LogP contribution in [0, 0.1) is 17.5 Å². The van der Waals surface area contributed by atoms with Crippen LogP contribution in [0.1, 0.15) is 23.7 Å². The molecule has 208 valence electrons. The molecule has 0 bridgehead atoms. The molecule has 2 aromatic heterocycles. The summed E-state index contributed by atoms with van der Waals surface area (Å²) in [6, 6.07) is 0.140. The quantitative estimate of drug-likeness (QED) is 0.435. The molecule has 1 aliphatic heterocycles. The number of anilines is 1. The fourth-order valence-corrected chi connectivity index (χ4v) is 4.22. The smallest absolute Gasteiger partial charge is 0.395 e. The molecule has 0 unspecified atom stereocenters. The lowest BCUT2D eigenvalue weighted by Gasteiger charge is -2.21. The molecule has 1 fully saturated rings. The van der Waals surface area contributed by atoms with Crippen LogP contribution >= 0.6 is 0 Å². The number of hydrogen-bond donors (Lipinski definition) is 2. The number of amides is 3. The van der Waals surface area contributed by atoms with Gasteiger partial charge in [0.25, 0.3) is 5.91 Å². The molecule has 0 saturated carbocycles. The molecule has 1 aromatic carbocycles. The lowest BCUT2D eigenvalue weighted by molar-refractivity contribution is -0.153. The van der Waals surface area contributed by atoms with Gasteiger partial charge in [0.1, 0.15) is 28.9 Å². The van der Waals surface area contributed by atoms with Gasteiger partial charge in [-0.15, -0.1) is 0 Å². The van der Waals surface area contributed by atoms with Crippen molar-refractivity contribution in [3.8, 4) is 5.69 Å². The third-order valence-corrected chi connectivity index (χ3v) is 6.15. The number of aliphatic hydroxyl groups excluding tert-OH is 1. The van der Waals surface area contributed by atoms with E-state index in [4.69, 9.17) is 5.11 Å². The lowest BCUT2D eigenvalue weighted by Crippen LogP contribution is -2.46. The summed E-state index contributed by atoms with van der Waals surface area (Å²) in [6.45, 7) is 1.24. The second-order valence-corrected chi connectivity index (χ2v) is 8.62. The fourth-order valence-electron chi connectivity index (χ4n) is 4.22. The summed E-state index contributed by atoms with van der Waals surface area (Å²) in [5.41, 5.74) is -3.38. The van der Waals surface area contributed by atoms with Crippen LogP contribution in [0.25, 0.3) is 16.7 Å². The van der Waals surface area contributed by atoms with Crippen LogP contribution in [0.5, 0.6) is 0 Å². The Balaban J connectivity index is 1.93. The minimum atomic E-state index is -4.84. The highest BCUT2D eigenvalue weighted by Gasteiger charge is 2.40. The Morgan fingerprint density at radius 3 is 2.38 bits per heavy atom. The first kappa shape index (κ1) is 27.9. The summed E-state index contributed by atoms with van der Waals surface area (Å²) in [4.78, 5) is 45.3. The number of alkyl halides is 3. The zero-order chi connectivity index (χ0) is 28.6. The Labute approximate surface area is 216 Å². The third kappa shape index (κ3) is 5.26. The highest BCUT2D eigenvalue weighted by molar-refractivity contribution is 5.98. The molecule has 3 heterocycles. The van der Waals surface area contributed by atoms with Gasteiger partial charge >= 0.3 is 12.2 Å². The van der Waals surface area contributed by atoms with Crippen molar-refractivity contribution in [3.63, 3.8) is 0 Å². The van der Waals surface area contributed by atoms with Gasteiger partial charge in [-0.2, -0.15) is 13.2 Å². The van der Waals surface area contributed by atoms with E-state index in [1.165, 1.54) is 15.9 Å². The van der Waals surface area contributed by atoms with Crippen LogP contribution in [-0.4, -0.2) is 70.0 Å². The average Bonchev–Trinajstić information content (AvgIpc) is 3.22. The molecule has 2 N–H and O–H groups in total. The van der Waals surface area contributed by atoms with Crippen molar-refractivity contribution in [2.75, 3.05) is 31.1 Å². The average molecular weight is 557 g/mol. The number of pyridine rings is 2. The number of benzene rings is 1. The van der Waals surface area contributed by atoms with Gasteiger partial charge in [-0.1, -0.05) is 6.92 Å². The molecule has 3 amide bonds. The van der Waals surface area contributed by atoms with Crippen molar-refractivity contribution < 1.29 is 41.0 Å². The predicted molar refractivity (Wildman–Crippen MR) is 126 cm³/mol.